The fourth-order valence-corrected chi connectivity index (χ4v) is 6.06. The van der Waals surface area contributed by atoms with E-state index in [0.29, 0.717) is 6.61 Å². The normalized spacial score (nSPS) is 14.5. The van der Waals surface area contributed by atoms with Gasteiger partial charge in [0.2, 0.25) is 0 Å². The quantitative estimate of drug-likeness (QED) is 0.0247. The number of esters is 1. The third-order valence-electron chi connectivity index (χ3n) is 8.36. The topological polar surface area (TPSA) is 132 Å². The van der Waals surface area contributed by atoms with Crippen LogP contribution < -0.4 is 0 Å². The van der Waals surface area contributed by atoms with Gasteiger partial charge in [-0.05, 0) is 57.8 Å². The van der Waals surface area contributed by atoms with Gasteiger partial charge in [-0.2, -0.15) is 0 Å². The first-order valence-electron chi connectivity index (χ1n) is 19.8. The van der Waals surface area contributed by atoms with Crippen molar-refractivity contribution in [2.24, 2.45) is 0 Å². The lowest BCUT2D eigenvalue weighted by atomic mass is 10.1. The Morgan fingerprint density at radius 1 is 0.612 bits per heavy atom. The van der Waals surface area contributed by atoms with E-state index in [1.165, 1.54) is 89.9 Å². The molecule has 0 fully saturated rings. The summed E-state index contributed by atoms with van der Waals surface area (Å²) in [5.74, 6) is -0.393. The first-order chi connectivity index (χ1) is 23.8. The van der Waals surface area contributed by atoms with Crippen LogP contribution in [0.15, 0.2) is 24.3 Å². The standard InChI is InChI=1S/C39H75O9P/c1-3-5-7-9-11-13-15-17-18-19-20-21-23-25-27-29-31-39(42)48-38(36-47-49(43,44)46-34-37(41)33-40)35-45-32-30-28-26-24-22-16-14-12-10-8-6-4-2/h10,12,18-19,37-38,40-41H,3-9,11,13-17,20-36H2,1-2H3,(H,43,44)/b12-10-,19-18-. The number of allylic oxidation sites excluding steroid dienone is 4. The maximum absolute atomic E-state index is 12.6. The van der Waals surface area contributed by atoms with E-state index in [-0.39, 0.29) is 19.6 Å². The lowest BCUT2D eigenvalue weighted by Gasteiger charge is -2.20. The Balaban J connectivity index is 4.22. The molecule has 10 heteroatoms. The molecular formula is C39H75O9P. The van der Waals surface area contributed by atoms with Gasteiger partial charge in [0.25, 0.3) is 0 Å². The summed E-state index contributed by atoms with van der Waals surface area (Å²) < 4.78 is 33.2. The van der Waals surface area contributed by atoms with Crippen LogP contribution in [0.3, 0.4) is 0 Å². The Kier molecular flexibility index (Phi) is 35.9. The van der Waals surface area contributed by atoms with Crippen LogP contribution in [0, 0.1) is 0 Å². The molecule has 9 nitrogen and oxygen atoms in total. The van der Waals surface area contributed by atoms with E-state index in [0.717, 1.165) is 64.2 Å². The number of rotatable bonds is 38. The number of aliphatic hydroxyl groups is 2. The Morgan fingerprint density at radius 2 is 1.06 bits per heavy atom. The van der Waals surface area contributed by atoms with Gasteiger partial charge >= 0.3 is 13.8 Å². The highest BCUT2D eigenvalue weighted by atomic mass is 31.2. The Morgan fingerprint density at radius 3 is 1.59 bits per heavy atom. The molecule has 49 heavy (non-hydrogen) atoms. The summed E-state index contributed by atoms with van der Waals surface area (Å²) >= 11 is 0. The summed E-state index contributed by atoms with van der Waals surface area (Å²) in [5.41, 5.74) is 0. The van der Waals surface area contributed by atoms with E-state index in [1.807, 2.05) is 0 Å². The molecular weight excluding hydrogens is 643 g/mol. The van der Waals surface area contributed by atoms with Gasteiger partial charge in [-0.15, -0.1) is 0 Å². The van der Waals surface area contributed by atoms with E-state index in [9.17, 15) is 19.4 Å². The van der Waals surface area contributed by atoms with E-state index in [2.05, 4.69) is 38.2 Å². The second-order valence-corrected chi connectivity index (χ2v) is 14.7. The monoisotopic (exact) mass is 719 g/mol. The minimum absolute atomic E-state index is 0.0435. The maximum Gasteiger partial charge on any atom is 0.472 e. The zero-order valence-electron chi connectivity index (χ0n) is 31.4. The number of ether oxygens (including phenoxy) is 2. The highest BCUT2D eigenvalue weighted by Gasteiger charge is 2.26. The van der Waals surface area contributed by atoms with Crippen LogP contribution in [0.4, 0.5) is 0 Å². The number of hydrogen-bond donors (Lipinski definition) is 3. The van der Waals surface area contributed by atoms with Crippen LogP contribution in [0.5, 0.6) is 0 Å². The predicted octanol–water partition coefficient (Wildman–Crippen LogP) is 10.3. The first kappa shape index (κ1) is 47.9. The third-order valence-corrected chi connectivity index (χ3v) is 9.31. The number of carbonyl (C=O) groups is 1. The van der Waals surface area contributed by atoms with E-state index >= 15 is 0 Å². The van der Waals surface area contributed by atoms with Gasteiger partial charge in [0.15, 0.2) is 0 Å². The number of hydrogen-bond acceptors (Lipinski definition) is 8. The summed E-state index contributed by atoms with van der Waals surface area (Å²) in [6, 6.07) is 0. The molecule has 3 N–H and O–H groups in total. The largest absolute Gasteiger partial charge is 0.472 e. The first-order valence-corrected chi connectivity index (χ1v) is 21.3. The Labute approximate surface area is 300 Å². The van der Waals surface area contributed by atoms with Crippen molar-refractivity contribution < 1.29 is 43.0 Å². The second kappa shape index (κ2) is 36.7. The molecule has 0 aromatic rings. The van der Waals surface area contributed by atoms with Crippen molar-refractivity contribution in [3.8, 4) is 0 Å². The number of aliphatic hydroxyl groups excluding tert-OH is 2. The molecule has 0 radical (unpaired) electrons. The summed E-state index contributed by atoms with van der Waals surface area (Å²) in [5, 5.41) is 18.3. The van der Waals surface area contributed by atoms with Gasteiger partial charge in [-0.1, -0.05) is 134 Å². The van der Waals surface area contributed by atoms with Crippen LogP contribution in [0.25, 0.3) is 0 Å². The molecule has 0 amide bonds. The van der Waals surface area contributed by atoms with Crippen LogP contribution >= 0.6 is 7.82 Å². The molecule has 0 spiro atoms. The molecule has 0 aliphatic carbocycles. The molecule has 3 atom stereocenters. The highest BCUT2D eigenvalue weighted by molar-refractivity contribution is 7.47. The van der Waals surface area contributed by atoms with Crippen molar-refractivity contribution in [3.05, 3.63) is 24.3 Å². The van der Waals surface area contributed by atoms with E-state index in [1.54, 1.807) is 0 Å². The van der Waals surface area contributed by atoms with E-state index < -0.39 is 39.2 Å². The van der Waals surface area contributed by atoms with Crippen molar-refractivity contribution in [2.45, 2.75) is 187 Å². The minimum atomic E-state index is -4.51. The fraction of sp³-hybridized carbons (Fsp3) is 0.872. The maximum atomic E-state index is 12.6. The van der Waals surface area contributed by atoms with Crippen molar-refractivity contribution in [1.29, 1.82) is 0 Å². The van der Waals surface area contributed by atoms with Crippen LogP contribution in [0.1, 0.15) is 174 Å². The Bertz CT molecular complexity index is 820. The van der Waals surface area contributed by atoms with Gasteiger partial charge in [0, 0.05) is 13.0 Å². The molecule has 0 saturated carbocycles. The van der Waals surface area contributed by atoms with Crippen molar-refractivity contribution >= 4 is 13.8 Å². The molecule has 0 heterocycles. The SMILES string of the molecule is CCCC/C=C\CCCCCCCCOCC(COP(=O)(O)OCC(O)CO)OC(=O)CCCCCCC/C=C\CCCCCCCCC. The smallest absolute Gasteiger partial charge is 0.457 e. The number of phosphoric ester groups is 1. The van der Waals surface area contributed by atoms with Crippen molar-refractivity contribution in [2.75, 3.05) is 33.0 Å². The number of unbranched alkanes of at least 4 members (excludes halogenated alkanes) is 20. The van der Waals surface area contributed by atoms with Gasteiger partial charge < -0.3 is 24.6 Å². The number of phosphoric acid groups is 1. The lowest BCUT2D eigenvalue weighted by molar-refractivity contribution is -0.154. The summed E-state index contributed by atoms with van der Waals surface area (Å²) in [6.45, 7) is 3.46. The Hall–Kier alpha value is -1.06. The van der Waals surface area contributed by atoms with Gasteiger partial charge in [-0.3, -0.25) is 13.8 Å². The molecule has 0 rings (SSSR count). The number of carbonyl (C=O) groups excluding carboxylic acids is 1. The molecule has 0 bridgehead atoms. The summed E-state index contributed by atoms with van der Waals surface area (Å²) in [6.07, 6.45) is 35.6. The fourth-order valence-electron chi connectivity index (χ4n) is 5.27. The minimum Gasteiger partial charge on any atom is -0.457 e. The molecule has 0 aliphatic rings. The van der Waals surface area contributed by atoms with Gasteiger partial charge in [0.05, 0.1) is 26.4 Å². The molecule has 3 unspecified atom stereocenters. The van der Waals surface area contributed by atoms with E-state index in [4.69, 9.17) is 23.6 Å². The van der Waals surface area contributed by atoms with Crippen molar-refractivity contribution in [3.63, 3.8) is 0 Å². The molecule has 0 aliphatic heterocycles. The molecule has 0 aromatic heterocycles. The second-order valence-electron chi connectivity index (χ2n) is 13.3. The summed E-state index contributed by atoms with van der Waals surface area (Å²) in [4.78, 5) is 22.5. The summed E-state index contributed by atoms with van der Waals surface area (Å²) in [7, 11) is -4.51. The predicted molar refractivity (Wildman–Crippen MR) is 201 cm³/mol. The molecule has 0 aromatic carbocycles. The highest BCUT2D eigenvalue weighted by Crippen LogP contribution is 2.43. The third kappa shape index (κ3) is 36.5. The molecule has 0 saturated heterocycles. The van der Waals surface area contributed by atoms with Crippen molar-refractivity contribution in [1.82, 2.24) is 0 Å². The average molecular weight is 719 g/mol. The van der Waals surface area contributed by atoms with Crippen LogP contribution in [0.2, 0.25) is 0 Å². The average Bonchev–Trinajstić information content (AvgIpc) is 3.09. The van der Waals surface area contributed by atoms with Crippen LogP contribution in [-0.2, 0) is 27.9 Å². The van der Waals surface area contributed by atoms with Gasteiger partial charge in [-0.25, -0.2) is 4.57 Å². The zero-order valence-corrected chi connectivity index (χ0v) is 32.3. The van der Waals surface area contributed by atoms with Gasteiger partial charge in [0.1, 0.15) is 12.2 Å². The molecule has 290 valence electrons. The lowest BCUT2D eigenvalue weighted by Crippen LogP contribution is -2.29. The zero-order chi connectivity index (χ0) is 36.1. The van der Waals surface area contributed by atoms with Crippen LogP contribution in [-0.4, -0.2) is 66.3 Å².